The average Bonchev–Trinajstić information content (AvgIpc) is 2.88. The first kappa shape index (κ1) is 19.3. The van der Waals surface area contributed by atoms with Crippen molar-refractivity contribution in [2.75, 3.05) is 25.9 Å². The summed E-state index contributed by atoms with van der Waals surface area (Å²) in [6.45, 7) is 6.23. The number of aliphatic imine (C=N–C) groups is 1. The first-order chi connectivity index (χ1) is 11.9. The standard InChI is InChI=1S/C17H26N4O3S/c1-4-18-17(19-10-7-11-21-25(3,22)23)20-12-16-13(2)14-8-5-6-9-15(14)24-16/h5-6,8-9,21H,4,7,10-12H2,1-3H3,(H2,18,19,20). The highest BCUT2D eigenvalue weighted by Gasteiger charge is 2.09. The van der Waals surface area contributed by atoms with Gasteiger partial charge in [-0.2, -0.15) is 0 Å². The van der Waals surface area contributed by atoms with Gasteiger partial charge in [-0.05, 0) is 26.3 Å². The molecule has 1 aromatic heterocycles. The van der Waals surface area contributed by atoms with Crippen LogP contribution in [0.3, 0.4) is 0 Å². The Hall–Kier alpha value is -2.06. The molecule has 25 heavy (non-hydrogen) atoms. The maximum Gasteiger partial charge on any atom is 0.208 e. The Morgan fingerprint density at radius 1 is 1.20 bits per heavy atom. The zero-order valence-electron chi connectivity index (χ0n) is 14.9. The van der Waals surface area contributed by atoms with Crippen molar-refractivity contribution in [1.82, 2.24) is 15.4 Å². The van der Waals surface area contributed by atoms with Crippen LogP contribution in [0.5, 0.6) is 0 Å². The van der Waals surface area contributed by atoms with Crippen LogP contribution < -0.4 is 15.4 Å². The summed E-state index contributed by atoms with van der Waals surface area (Å²) in [5.74, 6) is 1.53. The Bertz CT molecular complexity index is 828. The fourth-order valence-corrected chi connectivity index (χ4v) is 2.94. The Labute approximate surface area is 148 Å². The lowest BCUT2D eigenvalue weighted by Gasteiger charge is -2.11. The Morgan fingerprint density at radius 3 is 2.64 bits per heavy atom. The number of sulfonamides is 1. The van der Waals surface area contributed by atoms with Crippen molar-refractivity contribution in [3.05, 3.63) is 35.6 Å². The molecule has 2 aromatic rings. The summed E-state index contributed by atoms with van der Waals surface area (Å²) in [4.78, 5) is 4.55. The molecule has 0 atom stereocenters. The monoisotopic (exact) mass is 366 g/mol. The van der Waals surface area contributed by atoms with E-state index in [-0.39, 0.29) is 0 Å². The largest absolute Gasteiger partial charge is 0.459 e. The van der Waals surface area contributed by atoms with Crippen LogP contribution in [-0.4, -0.2) is 40.3 Å². The number of guanidine groups is 1. The number of hydrogen-bond donors (Lipinski definition) is 3. The van der Waals surface area contributed by atoms with Gasteiger partial charge >= 0.3 is 0 Å². The molecule has 0 radical (unpaired) electrons. The summed E-state index contributed by atoms with van der Waals surface area (Å²) < 4.78 is 30.4. The van der Waals surface area contributed by atoms with E-state index in [1.165, 1.54) is 0 Å². The minimum Gasteiger partial charge on any atom is -0.459 e. The highest BCUT2D eigenvalue weighted by Crippen LogP contribution is 2.25. The number of rotatable bonds is 8. The third kappa shape index (κ3) is 6.06. The smallest absolute Gasteiger partial charge is 0.208 e. The number of benzene rings is 1. The number of hydrogen-bond acceptors (Lipinski definition) is 4. The number of nitrogens with zero attached hydrogens (tertiary/aromatic N) is 1. The molecule has 2 rings (SSSR count). The van der Waals surface area contributed by atoms with Gasteiger partial charge in [-0.1, -0.05) is 18.2 Å². The maximum absolute atomic E-state index is 11.0. The van der Waals surface area contributed by atoms with E-state index in [0.717, 1.165) is 35.1 Å². The lowest BCUT2D eigenvalue weighted by Crippen LogP contribution is -2.38. The first-order valence-corrected chi connectivity index (χ1v) is 10.2. The van der Waals surface area contributed by atoms with Crippen molar-refractivity contribution in [3.63, 3.8) is 0 Å². The zero-order valence-corrected chi connectivity index (χ0v) is 15.7. The van der Waals surface area contributed by atoms with Gasteiger partial charge in [-0.15, -0.1) is 0 Å². The fraction of sp³-hybridized carbons (Fsp3) is 0.471. The van der Waals surface area contributed by atoms with E-state index in [1.807, 2.05) is 38.1 Å². The SMILES string of the molecule is CCNC(=NCc1oc2ccccc2c1C)NCCCNS(C)(=O)=O. The topological polar surface area (TPSA) is 95.7 Å². The Kier molecular flexibility index (Phi) is 6.83. The van der Waals surface area contributed by atoms with E-state index in [4.69, 9.17) is 4.42 Å². The molecule has 0 amide bonds. The van der Waals surface area contributed by atoms with E-state index < -0.39 is 10.0 Å². The van der Waals surface area contributed by atoms with E-state index >= 15 is 0 Å². The molecule has 0 aliphatic carbocycles. The second-order valence-electron chi connectivity index (χ2n) is 5.79. The number of fused-ring (bicyclic) bond motifs is 1. The highest BCUT2D eigenvalue weighted by molar-refractivity contribution is 7.88. The molecule has 0 bridgehead atoms. The Balaban J connectivity index is 1.93. The summed E-state index contributed by atoms with van der Waals surface area (Å²) in [5, 5.41) is 7.47. The lowest BCUT2D eigenvalue weighted by atomic mass is 10.1. The van der Waals surface area contributed by atoms with E-state index in [1.54, 1.807) is 0 Å². The van der Waals surface area contributed by atoms with Gasteiger partial charge in [-0.25, -0.2) is 18.1 Å². The van der Waals surface area contributed by atoms with E-state index in [0.29, 0.717) is 32.0 Å². The normalized spacial score (nSPS) is 12.5. The van der Waals surface area contributed by atoms with Crippen molar-refractivity contribution in [3.8, 4) is 0 Å². The fourth-order valence-electron chi connectivity index (χ4n) is 2.42. The van der Waals surface area contributed by atoms with Crippen LogP contribution in [-0.2, 0) is 16.6 Å². The molecule has 0 fully saturated rings. The van der Waals surface area contributed by atoms with Gasteiger partial charge in [0.1, 0.15) is 17.9 Å². The molecule has 138 valence electrons. The molecule has 0 saturated carbocycles. The van der Waals surface area contributed by atoms with Crippen LogP contribution in [0.1, 0.15) is 24.7 Å². The van der Waals surface area contributed by atoms with Crippen LogP contribution >= 0.6 is 0 Å². The van der Waals surface area contributed by atoms with Crippen LogP contribution in [0.2, 0.25) is 0 Å². The number of aryl methyl sites for hydroxylation is 1. The first-order valence-electron chi connectivity index (χ1n) is 8.34. The summed E-state index contributed by atoms with van der Waals surface area (Å²) in [5.41, 5.74) is 1.97. The summed E-state index contributed by atoms with van der Waals surface area (Å²) >= 11 is 0. The molecular weight excluding hydrogens is 340 g/mol. The van der Waals surface area contributed by atoms with Crippen LogP contribution in [0.15, 0.2) is 33.7 Å². The minimum absolute atomic E-state index is 0.397. The van der Waals surface area contributed by atoms with Gasteiger partial charge in [0, 0.05) is 30.6 Å². The van der Waals surface area contributed by atoms with Crippen LogP contribution in [0, 0.1) is 6.92 Å². The molecule has 1 heterocycles. The van der Waals surface area contributed by atoms with Gasteiger partial charge in [0.25, 0.3) is 0 Å². The zero-order chi connectivity index (χ0) is 18.3. The summed E-state index contributed by atoms with van der Waals surface area (Å²) in [6.07, 6.45) is 1.82. The predicted octanol–water partition coefficient (Wildman–Crippen LogP) is 1.74. The minimum atomic E-state index is -3.13. The molecule has 0 spiro atoms. The second kappa shape index (κ2) is 8.87. The Morgan fingerprint density at radius 2 is 1.96 bits per heavy atom. The third-order valence-corrected chi connectivity index (χ3v) is 4.41. The molecule has 0 unspecified atom stereocenters. The van der Waals surface area contributed by atoms with E-state index in [2.05, 4.69) is 20.3 Å². The van der Waals surface area contributed by atoms with Gasteiger partial charge in [-0.3, -0.25) is 0 Å². The van der Waals surface area contributed by atoms with Gasteiger partial charge < -0.3 is 15.1 Å². The van der Waals surface area contributed by atoms with Gasteiger partial charge in [0.05, 0.1) is 6.26 Å². The van der Waals surface area contributed by atoms with Crippen molar-refractivity contribution >= 4 is 27.0 Å². The van der Waals surface area contributed by atoms with Gasteiger partial charge in [0.15, 0.2) is 5.96 Å². The van der Waals surface area contributed by atoms with Crippen molar-refractivity contribution in [2.45, 2.75) is 26.8 Å². The van der Waals surface area contributed by atoms with E-state index in [9.17, 15) is 8.42 Å². The summed E-state index contributed by atoms with van der Waals surface area (Å²) in [6, 6.07) is 7.94. The number of furan rings is 1. The molecule has 3 N–H and O–H groups in total. The molecule has 7 nitrogen and oxygen atoms in total. The molecule has 0 aliphatic heterocycles. The van der Waals surface area contributed by atoms with Crippen LogP contribution in [0.4, 0.5) is 0 Å². The van der Waals surface area contributed by atoms with Crippen molar-refractivity contribution in [2.24, 2.45) is 4.99 Å². The predicted molar refractivity (Wildman–Crippen MR) is 101 cm³/mol. The molecule has 0 aliphatic rings. The lowest BCUT2D eigenvalue weighted by molar-refractivity contribution is 0.547. The quantitative estimate of drug-likeness (QED) is 0.376. The average molecular weight is 366 g/mol. The molecule has 0 saturated heterocycles. The molecule has 8 heteroatoms. The van der Waals surface area contributed by atoms with Gasteiger partial charge in [0.2, 0.25) is 10.0 Å². The molecule has 1 aromatic carbocycles. The number of nitrogens with one attached hydrogen (secondary N) is 3. The van der Waals surface area contributed by atoms with Crippen LogP contribution in [0.25, 0.3) is 11.0 Å². The highest BCUT2D eigenvalue weighted by atomic mass is 32.2. The van der Waals surface area contributed by atoms with Crippen molar-refractivity contribution in [1.29, 1.82) is 0 Å². The van der Waals surface area contributed by atoms with Crippen molar-refractivity contribution < 1.29 is 12.8 Å². The number of para-hydroxylation sites is 1. The second-order valence-corrected chi connectivity index (χ2v) is 7.62. The molecular formula is C17H26N4O3S. The third-order valence-electron chi connectivity index (χ3n) is 3.68. The maximum atomic E-state index is 11.0. The summed E-state index contributed by atoms with van der Waals surface area (Å²) in [7, 11) is -3.13.